The van der Waals surface area contributed by atoms with E-state index in [1.54, 1.807) is 49.9 Å². The van der Waals surface area contributed by atoms with Crippen LogP contribution in [0.5, 0.6) is 5.75 Å². The molecule has 1 aliphatic heterocycles. The van der Waals surface area contributed by atoms with E-state index >= 15 is 0 Å². The maximum Gasteiger partial charge on any atom is 0.332 e. The molecule has 0 atom stereocenters. The second kappa shape index (κ2) is 9.39. The first-order valence-corrected chi connectivity index (χ1v) is 12.4. The smallest absolute Gasteiger partial charge is 0.332 e. The molecule has 0 fully saturated rings. The fourth-order valence-corrected chi connectivity index (χ4v) is 5.08. The van der Waals surface area contributed by atoms with Gasteiger partial charge in [0.1, 0.15) is 17.4 Å². The summed E-state index contributed by atoms with van der Waals surface area (Å²) in [5.74, 6) is 0.116. The molecular weight excluding hydrogens is 505 g/mol. The highest BCUT2D eigenvalue weighted by Crippen LogP contribution is 2.42. The van der Waals surface area contributed by atoms with Gasteiger partial charge in [-0.2, -0.15) is 0 Å². The summed E-state index contributed by atoms with van der Waals surface area (Å²) < 4.78 is 17.8. The Labute approximate surface area is 223 Å². The Morgan fingerprint density at radius 2 is 1.74 bits per heavy atom. The monoisotopic (exact) mass is 527 g/mol. The summed E-state index contributed by atoms with van der Waals surface area (Å²) in [6.07, 6.45) is 4.92. The topological polar surface area (TPSA) is 75.3 Å². The van der Waals surface area contributed by atoms with Crippen LogP contribution in [-0.4, -0.2) is 32.3 Å². The van der Waals surface area contributed by atoms with Gasteiger partial charge in [0.05, 0.1) is 22.1 Å². The first kappa shape index (κ1) is 23.8. The number of fused-ring (bicyclic) bond motifs is 1. The third kappa shape index (κ3) is 4.09. The number of halogens is 2. The van der Waals surface area contributed by atoms with E-state index in [4.69, 9.17) is 11.6 Å². The zero-order valence-corrected chi connectivity index (χ0v) is 21.2. The summed E-state index contributed by atoms with van der Waals surface area (Å²) in [6.45, 7) is 1.47. The zero-order valence-electron chi connectivity index (χ0n) is 20.4. The molecule has 7 nitrogen and oxygen atoms in total. The minimum absolute atomic E-state index is 0.0787. The van der Waals surface area contributed by atoms with Gasteiger partial charge in [0.15, 0.2) is 0 Å². The van der Waals surface area contributed by atoms with E-state index in [2.05, 4.69) is 15.2 Å². The maximum atomic E-state index is 14.9. The van der Waals surface area contributed by atoms with Gasteiger partial charge in [-0.1, -0.05) is 29.8 Å². The number of imidazole rings is 1. The molecule has 5 aromatic rings. The molecule has 0 saturated heterocycles. The van der Waals surface area contributed by atoms with Crippen molar-refractivity contribution in [2.24, 2.45) is 7.05 Å². The highest BCUT2D eigenvalue weighted by molar-refractivity contribution is 6.32. The predicted octanol–water partition coefficient (Wildman–Crippen LogP) is 5.97. The summed E-state index contributed by atoms with van der Waals surface area (Å²) in [5, 5.41) is 15.0. The van der Waals surface area contributed by atoms with Crippen LogP contribution < -0.4 is 15.9 Å². The Balaban J connectivity index is 1.41. The number of aromatic nitrogens is 3. The molecule has 38 heavy (non-hydrogen) atoms. The highest BCUT2D eigenvalue weighted by atomic mass is 35.5. The summed E-state index contributed by atoms with van der Waals surface area (Å²) in [6, 6.07) is 19.1. The fraction of sp³-hybridized carbons (Fsp3) is 0.103. The number of phenols is 1. The molecule has 190 valence electrons. The van der Waals surface area contributed by atoms with Gasteiger partial charge in [-0.15, -0.1) is 0 Å². The zero-order chi connectivity index (χ0) is 26.4. The van der Waals surface area contributed by atoms with Crippen molar-refractivity contribution < 1.29 is 9.50 Å². The van der Waals surface area contributed by atoms with Crippen molar-refractivity contribution in [3.05, 3.63) is 107 Å². The van der Waals surface area contributed by atoms with E-state index in [9.17, 15) is 14.3 Å². The number of benzene rings is 3. The Kier molecular flexibility index (Phi) is 5.88. The van der Waals surface area contributed by atoms with Crippen molar-refractivity contribution in [3.63, 3.8) is 0 Å². The number of anilines is 3. The van der Waals surface area contributed by atoms with Gasteiger partial charge in [-0.3, -0.25) is 4.57 Å². The van der Waals surface area contributed by atoms with Gasteiger partial charge in [0, 0.05) is 49.9 Å². The number of rotatable bonds is 4. The molecule has 3 aromatic carbocycles. The number of aryl methyl sites for hydroxylation is 1. The van der Waals surface area contributed by atoms with Gasteiger partial charge in [0.25, 0.3) is 0 Å². The average molecular weight is 528 g/mol. The molecule has 0 saturated carbocycles. The van der Waals surface area contributed by atoms with E-state index in [1.807, 2.05) is 30.3 Å². The van der Waals surface area contributed by atoms with E-state index in [0.717, 1.165) is 17.9 Å². The summed E-state index contributed by atoms with van der Waals surface area (Å²) in [4.78, 5) is 19.0. The standard InChI is InChI=1S/C29H23ClFN5O2/c1-34-12-13-36(29(34)38)25-7-6-18(14-23(25)30)21-16-20(31)17-22(28(21)37)19-8-9-33-27(15-19)35-11-10-32-24-4-2-3-5-26(24)35/h2-9,12-17,32,37H,10-11H2,1H3. The SMILES string of the molecule is Cn1ccn(-c2ccc(-c3cc(F)cc(-c4ccnc(N5CCNc6ccccc65)c4)c3O)cc2Cl)c1=O. The second-order valence-electron chi connectivity index (χ2n) is 9.08. The van der Waals surface area contributed by atoms with Crippen LogP contribution in [0.3, 0.4) is 0 Å². The summed E-state index contributed by atoms with van der Waals surface area (Å²) in [5.41, 5.74) is 4.04. The Morgan fingerprint density at radius 1 is 0.974 bits per heavy atom. The number of aromatic hydroxyl groups is 1. The van der Waals surface area contributed by atoms with Crippen molar-refractivity contribution in [1.29, 1.82) is 0 Å². The van der Waals surface area contributed by atoms with Crippen molar-refractivity contribution in [2.75, 3.05) is 23.3 Å². The van der Waals surface area contributed by atoms with Crippen molar-refractivity contribution in [3.8, 4) is 33.7 Å². The molecule has 2 aromatic heterocycles. The van der Waals surface area contributed by atoms with E-state index in [-0.39, 0.29) is 11.4 Å². The molecule has 0 bridgehead atoms. The molecular formula is C29H23ClFN5O2. The van der Waals surface area contributed by atoms with Crippen LogP contribution in [0.25, 0.3) is 27.9 Å². The quantitative estimate of drug-likeness (QED) is 0.301. The van der Waals surface area contributed by atoms with Gasteiger partial charge in [-0.25, -0.2) is 14.2 Å². The third-order valence-corrected chi connectivity index (χ3v) is 7.02. The van der Waals surface area contributed by atoms with Crippen molar-refractivity contribution in [1.82, 2.24) is 14.1 Å². The van der Waals surface area contributed by atoms with Crippen LogP contribution in [0.4, 0.5) is 21.6 Å². The average Bonchev–Trinajstić information content (AvgIpc) is 3.27. The van der Waals surface area contributed by atoms with Gasteiger partial charge in [0.2, 0.25) is 0 Å². The number of hydrogen-bond acceptors (Lipinski definition) is 5. The molecule has 6 rings (SSSR count). The van der Waals surface area contributed by atoms with Crippen LogP contribution in [0, 0.1) is 5.82 Å². The first-order valence-electron chi connectivity index (χ1n) is 12.0. The Hall–Kier alpha value is -4.56. The lowest BCUT2D eigenvalue weighted by molar-refractivity contribution is 0.477. The minimum Gasteiger partial charge on any atom is -0.507 e. The van der Waals surface area contributed by atoms with Crippen LogP contribution >= 0.6 is 11.6 Å². The molecule has 1 aliphatic rings. The molecule has 0 unspecified atom stereocenters. The molecule has 0 aliphatic carbocycles. The lowest BCUT2D eigenvalue weighted by atomic mass is 9.97. The van der Waals surface area contributed by atoms with E-state index in [0.29, 0.717) is 45.3 Å². The molecule has 0 amide bonds. The maximum absolute atomic E-state index is 14.9. The second-order valence-corrected chi connectivity index (χ2v) is 9.48. The van der Waals surface area contributed by atoms with Crippen LogP contribution in [0.15, 0.2) is 90.1 Å². The van der Waals surface area contributed by atoms with E-state index in [1.165, 1.54) is 21.3 Å². The number of nitrogens with zero attached hydrogens (tertiary/aromatic N) is 4. The molecule has 0 spiro atoms. The summed E-state index contributed by atoms with van der Waals surface area (Å²) in [7, 11) is 1.65. The lowest BCUT2D eigenvalue weighted by Gasteiger charge is -2.31. The molecule has 3 heterocycles. The number of para-hydroxylation sites is 2. The van der Waals surface area contributed by atoms with E-state index < -0.39 is 5.82 Å². The van der Waals surface area contributed by atoms with Crippen molar-refractivity contribution >= 4 is 28.8 Å². The number of pyridine rings is 1. The first-order chi connectivity index (χ1) is 18.4. The van der Waals surface area contributed by atoms with Gasteiger partial charge < -0.3 is 19.9 Å². The predicted molar refractivity (Wildman–Crippen MR) is 148 cm³/mol. The number of nitrogens with one attached hydrogen (secondary N) is 1. The van der Waals surface area contributed by atoms with Gasteiger partial charge >= 0.3 is 5.69 Å². The van der Waals surface area contributed by atoms with Crippen LogP contribution in [0.2, 0.25) is 5.02 Å². The third-order valence-electron chi connectivity index (χ3n) is 6.72. The molecule has 9 heteroatoms. The highest BCUT2D eigenvalue weighted by Gasteiger charge is 2.21. The van der Waals surface area contributed by atoms with Gasteiger partial charge in [-0.05, 0) is 59.7 Å². The van der Waals surface area contributed by atoms with Crippen molar-refractivity contribution in [2.45, 2.75) is 0 Å². The number of hydrogen-bond donors (Lipinski definition) is 2. The lowest BCUT2D eigenvalue weighted by Crippen LogP contribution is -2.30. The fourth-order valence-electron chi connectivity index (χ4n) is 4.81. The number of phenolic OH excluding ortho intramolecular Hbond substituents is 1. The normalized spacial score (nSPS) is 12.8. The molecule has 0 radical (unpaired) electrons. The Bertz CT molecular complexity index is 1750. The Morgan fingerprint density at radius 3 is 2.47 bits per heavy atom. The van der Waals surface area contributed by atoms with Crippen LogP contribution in [-0.2, 0) is 7.05 Å². The summed E-state index contributed by atoms with van der Waals surface area (Å²) >= 11 is 6.53. The van der Waals surface area contributed by atoms with Crippen LogP contribution in [0.1, 0.15) is 0 Å². The largest absolute Gasteiger partial charge is 0.507 e. The minimum atomic E-state index is -0.502. The molecule has 2 N–H and O–H groups in total.